The van der Waals surface area contributed by atoms with Crippen LogP contribution in [0.2, 0.25) is 0 Å². The zero-order chi connectivity index (χ0) is 11.5. The molecule has 0 atom stereocenters. The van der Waals surface area contributed by atoms with E-state index >= 15 is 0 Å². The third kappa shape index (κ3) is 1.34. The average Bonchev–Trinajstić information content (AvgIpc) is 2.75. The van der Waals surface area contributed by atoms with Crippen LogP contribution in [0.5, 0.6) is 0 Å². The van der Waals surface area contributed by atoms with Crippen LogP contribution >= 0.6 is 11.5 Å². The van der Waals surface area contributed by atoms with Crippen molar-refractivity contribution in [3.8, 4) is 6.07 Å². The van der Waals surface area contributed by atoms with E-state index in [9.17, 15) is 5.26 Å². The van der Waals surface area contributed by atoms with Gasteiger partial charge in [0.15, 0.2) is 0 Å². The van der Waals surface area contributed by atoms with E-state index < -0.39 is 0 Å². The molecule has 4 bridgehead atoms. The first-order valence-electron chi connectivity index (χ1n) is 6.64. The van der Waals surface area contributed by atoms with Gasteiger partial charge in [0.25, 0.3) is 0 Å². The lowest BCUT2D eigenvalue weighted by atomic mass is 9.48. The van der Waals surface area contributed by atoms with Gasteiger partial charge in [-0.3, -0.25) is 0 Å². The van der Waals surface area contributed by atoms with Gasteiger partial charge in [0.1, 0.15) is 6.07 Å². The van der Waals surface area contributed by atoms with Crippen LogP contribution in [-0.4, -0.2) is 4.37 Å². The highest BCUT2D eigenvalue weighted by atomic mass is 32.1. The van der Waals surface area contributed by atoms with Gasteiger partial charge in [-0.25, -0.2) is 0 Å². The van der Waals surface area contributed by atoms with E-state index in [1.807, 2.05) is 5.38 Å². The summed E-state index contributed by atoms with van der Waals surface area (Å²) in [7, 11) is 0. The topological polar surface area (TPSA) is 36.7 Å². The van der Waals surface area contributed by atoms with Crippen molar-refractivity contribution in [2.45, 2.75) is 43.9 Å². The summed E-state index contributed by atoms with van der Waals surface area (Å²) in [4.78, 5) is 0. The van der Waals surface area contributed by atoms with Crippen molar-refractivity contribution in [2.75, 3.05) is 0 Å². The number of rotatable bonds is 1. The Balaban J connectivity index is 1.80. The van der Waals surface area contributed by atoms with Gasteiger partial charge in [-0.05, 0) is 67.8 Å². The average molecular weight is 244 g/mol. The number of nitriles is 1. The zero-order valence-electron chi connectivity index (χ0n) is 9.85. The molecule has 0 amide bonds. The van der Waals surface area contributed by atoms with Crippen LogP contribution in [0.3, 0.4) is 0 Å². The van der Waals surface area contributed by atoms with Crippen LogP contribution in [0.1, 0.15) is 49.8 Å². The summed E-state index contributed by atoms with van der Waals surface area (Å²) in [5, 5.41) is 11.2. The summed E-state index contributed by atoms with van der Waals surface area (Å²) < 4.78 is 4.60. The molecule has 0 aliphatic heterocycles. The highest BCUT2D eigenvalue weighted by Gasteiger charge is 2.53. The Morgan fingerprint density at radius 3 is 2.29 bits per heavy atom. The first kappa shape index (κ1) is 10.1. The second-order valence-corrected chi connectivity index (χ2v) is 7.02. The fourth-order valence-corrected chi connectivity index (χ4v) is 5.82. The molecule has 4 aliphatic rings. The SMILES string of the molecule is N#Cc1csnc1C12CC3CC(CC(C3)C1)C2. The van der Waals surface area contributed by atoms with Crippen molar-refractivity contribution in [3.05, 3.63) is 16.6 Å². The zero-order valence-corrected chi connectivity index (χ0v) is 10.7. The van der Waals surface area contributed by atoms with E-state index in [4.69, 9.17) is 0 Å². The predicted molar refractivity (Wildman–Crippen MR) is 66.7 cm³/mol. The summed E-state index contributed by atoms with van der Waals surface area (Å²) >= 11 is 1.47. The summed E-state index contributed by atoms with van der Waals surface area (Å²) in [6.45, 7) is 0. The summed E-state index contributed by atoms with van der Waals surface area (Å²) in [5.41, 5.74) is 2.31. The highest BCUT2D eigenvalue weighted by molar-refractivity contribution is 7.03. The Morgan fingerprint density at radius 2 is 1.76 bits per heavy atom. The molecule has 3 heteroatoms. The lowest BCUT2D eigenvalue weighted by Crippen LogP contribution is -2.49. The monoisotopic (exact) mass is 244 g/mol. The lowest BCUT2D eigenvalue weighted by molar-refractivity contribution is -0.00689. The predicted octanol–water partition coefficient (Wildman–Crippen LogP) is 3.48. The molecule has 5 rings (SSSR count). The minimum Gasteiger partial charge on any atom is -0.196 e. The number of hydrogen-bond donors (Lipinski definition) is 0. The Labute approximate surface area is 106 Å². The van der Waals surface area contributed by atoms with Crippen LogP contribution in [0.25, 0.3) is 0 Å². The first-order chi connectivity index (χ1) is 8.29. The van der Waals surface area contributed by atoms with Crippen LogP contribution in [0.4, 0.5) is 0 Å². The molecule has 0 aromatic carbocycles. The summed E-state index contributed by atoms with van der Waals surface area (Å²) in [6.07, 6.45) is 8.26. The van der Waals surface area contributed by atoms with Crippen molar-refractivity contribution in [3.63, 3.8) is 0 Å². The standard InChI is InChI=1S/C14H16N2S/c15-7-12-8-17-16-13(12)14-4-9-1-10(5-14)3-11(2-9)6-14/h8-11H,1-6H2. The third-order valence-electron chi connectivity index (χ3n) is 5.23. The molecule has 1 aromatic heterocycles. The maximum atomic E-state index is 9.23. The van der Waals surface area contributed by atoms with Crippen LogP contribution < -0.4 is 0 Å². The fourth-order valence-electron chi connectivity index (χ4n) is 5.10. The van der Waals surface area contributed by atoms with Crippen molar-refractivity contribution in [2.24, 2.45) is 17.8 Å². The Bertz CT molecular complexity index is 461. The molecule has 17 heavy (non-hydrogen) atoms. The van der Waals surface area contributed by atoms with E-state index in [1.54, 1.807) is 0 Å². The molecule has 0 saturated heterocycles. The van der Waals surface area contributed by atoms with Gasteiger partial charge < -0.3 is 0 Å². The third-order valence-corrected chi connectivity index (χ3v) is 5.86. The van der Waals surface area contributed by atoms with Crippen LogP contribution in [0.15, 0.2) is 5.38 Å². The van der Waals surface area contributed by atoms with Gasteiger partial charge >= 0.3 is 0 Å². The molecule has 0 N–H and O–H groups in total. The summed E-state index contributed by atoms with van der Waals surface area (Å²) in [6, 6.07) is 2.35. The van der Waals surface area contributed by atoms with Crippen molar-refractivity contribution < 1.29 is 0 Å². The molecule has 0 radical (unpaired) electrons. The molecule has 0 unspecified atom stereocenters. The quantitative estimate of drug-likeness (QED) is 0.758. The van der Waals surface area contributed by atoms with Gasteiger partial charge in [-0.1, -0.05) is 0 Å². The number of aromatic nitrogens is 1. The van der Waals surface area contributed by atoms with Gasteiger partial charge in [0.05, 0.1) is 11.3 Å². The van der Waals surface area contributed by atoms with Crippen molar-refractivity contribution >= 4 is 11.5 Å². The van der Waals surface area contributed by atoms with Gasteiger partial charge in [-0.2, -0.15) is 9.64 Å². The van der Waals surface area contributed by atoms with Crippen LogP contribution in [-0.2, 0) is 5.41 Å². The van der Waals surface area contributed by atoms with E-state index in [1.165, 1.54) is 50.1 Å². The number of hydrogen-bond acceptors (Lipinski definition) is 3. The molecule has 0 spiro atoms. The second-order valence-electron chi connectivity index (χ2n) is 6.39. The minimum absolute atomic E-state index is 0.291. The molecule has 1 heterocycles. The molecule has 4 aliphatic carbocycles. The van der Waals surface area contributed by atoms with Crippen molar-refractivity contribution in [1.82, 2.24) is 4.37 Å². The molecule has 4 fully saturated rings. The van der Waals surface area contributed by atoms with Crippen molar-refractivity contribution in [1.29, 1.82) is 5.26 Å². The van der Waals surface area contributed by atoms with E-state index in [-0.39, 0.29) is 0 Å². The van der Waals surface area contributed by atoms with E-state index in [2.05, 4.69) is 10.4 Å². The normalized spacial score (nSPS) is 42.6. The largest absolute Gasteiger partial charge is 0.196 e. The Kier molecular flexibility index (Phi) is 1.97. The number of nitrogens with zero attached hydrogens (tertiary/aromatic N) is 2. The molecule has 1 aromatic rings. The Morgan fingerprint density at radius 1 is 1.18 bits per heavy atom. The summed E-state index contributed by atoms with van der Waals surface area (Å²) in [5.74, 6) is 2.78. The fraction of sp³-hybridized carbons (Fsp3) is 0.714. The lowest BCUT2D eigenvalue weighted by Gasteiger charge is -2.56. The van der Waals surface area contributed by atoms with Gasteiger partial charge in [-0.15, -0.1) is 0 Å². The molecule has 4 saturated carbocycles. The minimum atomic E-state index is 0.291. The van der Waals surface area contributed by atoms with Gasteiger partial charge in [0.2, 0.25) is 0 Å². The molecule has 88 valence electrons. The van der Waals surface area contributed by atoms with E-state index in [0.29, 0.717) is 5.41 Å². The second kappa shape index (κ2) is 3.32. The van der Waals surface area contributed by atoms with Gasteiger partial charge in [0, 0.05) is 10.8 Å². The van der Waals surface area contributed by atoms with E-state index in [0.717, 1.165) is 29.0 Å². The Hall–Kier alpha value is -0.880. The maximum Gasteiger partial charge on any atom is 0.102 e. The van der Waals surface area contributed by atoms with Crippen LogP contribution in [0, 0.1) is 29.1 Å². The maximum absolute atomic E-state index is 9.23. The smallest absolute Gasteiger partial charge is 0.102 e. The molecule has 2 nitrogen and oxygen atoms in total. The first-order valence-corrected chi connectivity index (χ1v) is 7.48. The molecular weight excluding hydrogens is 228 g/mol. The molecular formula is C14H16N2S. The highest BCUT2D eigenvalue weighted by Crippen LogP contribution is 2.60.